The van der Waals surface area contributed by atoms with Crippen LogP contribution in [0.15, 0.2) is 0 Å². The first-order valence-corrected chi connectivity index (χ1v) is 5.30. The number of nitrogens with two attached hydrogens (primary N) is 1. The molecular weight excluding hydrogens is 178 g/mol. The van der Waals surface area contributed by atoms with Gasteiger partial charge in [-0.3, -0.25) is 10.1 Å². The van der Waals surface area contributed by atoms with E-state index in [2.05, 4.69) is 17.1 Å². The summed E-state index contributed by atoms with van der Waals surface area (Å²) in [6.45, 7) is 8.87. The molecule has 0 aromatic carbocycles. The maximum absolute atomic E-state index is 11.5. The number of carbonyl (C=O) groups excluding carboxylic acids is 1. The van der Waals surface area contributed by atoms with Crippen LogP contribution in [0.4, 0.5) is 0 Å². The molecule has 0 aliphatic carbocycles. The Morgan fingerprint density at radius 3 is 2.64 bits per heavy atom. The van der Waals surface area contributed by atoms with Gasteiger partial charge >= 0.3 is 0 Å². The van der Waals surface area contributed by atoms with Crippen LogP contribution in [-0.4, -0.2) is 42.0 Å². The SMILES string of the molecule is CCN1CCC(NC(C)C)(C(N)=O)C1. The van der Waals surface area contributed by atoms with Gasteiger partial charge in [0.15, 0.2) is 0 Å². The summed E-state index contributed by atoms with van der Waals surface area (Å²) < 4.78 is 0. The molecule has 0 radical (unpaired) electrons. The molecule has 0 bridgehead atoms. The quantitative estimate of drug-likeness (QED) is 0.666. The lowest BCUT2D eigenvalue weighted by Gasteiger charge is -2.29. The minimum atomic E-state index is -0.496. The molecule has 1 amide bonds. The first-order chi connectivity index (χ1) is 6.50. The zero-order valence-electron chi connectivity index (χ0n) is 9.34. The van der Waals surface area contributed by atoms with Gasteiger partial charge in [-0.2, -0.15) is 0 Å². The van der Waals surface area contributed by atoms with Crippen molar-refractivity contribution in [3.63, 3.8) is 0 Å². The monoisotopic (exact) mass is 199 g/mol. The van der Waals surface area contributed by atoms with Crippen LogP contribution < -0.4 is 11.1 Å². The molecule has 1 heterocycles. The normalized spacial score (nSPS) is 28.6. The maximum atomic E-state index is 11.5. The van der Waals surface area contributed by atoms with Gasteiger partial charge in [0.25, 0.3) is 0 Å². The van der Waals surface area contributed by atoms with E-state index in [0.717, 1.165) is 26.1 Å². The number of hydrogen-bond acceptors (Lipinski definition) is 3. The summed E-state index contributed by atoms with van der Waals surface area (Å²) in [6.07, 6.45) is 0.828. The largest absolute Gasteiger partial charge is 0.368 e. The number of carbonyl (C=O) groups is 1. The summed E-state index contributed by atoms with van der Waals surface area (Å²) in [5, 5.41) is 3.30. The Bertz CT molecular complexity index is 217. The molecule has 1 fully saturated rings. The van der Waals surface area contributed by atoms with Crippen molar-refractivity contribution in [3.8, 4) is 0 Å². The molecular formula is C10H21N3O. The van der Waals surface area contributed by atoms with Gasteiger partial charge in [-0.25, -0.2) is 0 Å². The third-order valence-electron chi connectivity index (χ3n) is 2.83. The van der Waals surface area contributed by atoms with Gasteiger partial charge in [0.2, 0.25) is 5.91 Å². The van der Waals surface area contributed by atoms with Gasteiger partial charge in [-0.1, -0.05) is 6.92 Å². The van der Waals surface area contributed by atoms with Gasteiger partial charge in [-0.05, 0) is 26.8 Å². The molecule has 0 aromatic heterocycles. The van der Waals surface area contributed by atoms with E-state index in [4.69, 9.17) is 5.73 Å². The molecule has 1 aliphatic rings. The van der Waals surface area contributed by atoms with Crippen LogP contribution in [0, 0.1) is 0 Å². The molecule has 1 atom stereocenters. The standard InChI is InChI=1S/C10H21N3O/c1-4-13-6-5-10(7-13,9(11)14)12-8(2)3/h8,12H,4-7H2,1-3H3,(H2,11,14). The highest BCUT2D eigenvalue weighted by molar-refractivity contribution is 5.85. The van der Waals surface area contributed by atoms with E-state index in [9.17, 15) is 4.79 Å². The summed E-state index contributed by atoms with van der Waals surface area (Å²) in [5.74, 6) is -0.220. The summed E-state index contributed by atoms with van der Waals surface area (Å²) >= 11 is 0. The molecule has 14 heavy (non-hydrogen) atoms. The lowest BCUT2D eigenvalue weighted by Crippen LogP contribution is -2.59. The van der Waals surface area contributed by atoms with E-state index in [-0.39, 0.29) is 5.91 Å². The Morgan fingerprint density at radius 2 is 2.29 bits per heavy atom. The predicted molar refractivity (Wildman–Crippen MR) is 56.9 cm³/mol. The first kappa shape index (κ1) is 11.5. The third-order valence-corrected chi connectivity index (χ3v) is 2.83. The molecule has 82 valence electrons. The molecule has 0 spiro atoms. The highest BCUT2D eigenvalue weighted by Gasteiger charge is 2.42. The smallest absolute Gasteiger partial charge is 0.239 e. The van der Waals surface area contributed by atoms with E-state index in [0.29, 0.717) is 6.04 Å². The molecule has 3 N–H and O–H groups in total. The number of nitrogens with one attached hydrogen (secondary N) is 1. The number of primary amides is 1. The summed E-state index contributed by atoms with van der Waals surface area (Å²) in [5.41, 5.74) is 4.97. The van der Waals surface area contributed by atoms with E-state index >= 15 is 0 Å². The van der Waals surface area contributed by atoms with Crippen LogP contribution in [0.5, 0.6) is 0 Å². The molecule has 1 rings (SSSR count). The van der Waals surface area contributed by atoms with Gasteiger partial charge in [0.05, 0.1) is 0 Å². The van der Waals surface area contributed by atoms with Crippen molar-refractivity contribution >= 4 is 5.91 Å². The third kappa shape index (κ3) is 2.25. The number of nitrogens with zero attached hydrogens (tertiary/aromatic N) is 1. The van der Waals surface area contributed by atoms with E-state index in [1.807, 2.05) is 13.8 Å². The van der Waals surface area contributed by atoms with Crippen LogP contribution in [-0.2, 0) is 4.79 Å². The van der Waals surface area contributed by atoms with Gasteiger partial charge in [0, 0.05) is 19.1 Å². The van der Waals surface area contributed by atoms with Crippen molar-refractivity contribution in [1.82, 2.24) is 10.2 Å². The second-order valence-electron chi connectivity index (χ2n) is 4.36. The topological polar surface area (TPSA) is 58.4 Å². The Morgan fingerprint density at radius 1 is 1.64 bits per heavy atom. The minimum Gasteiger partial charge on any atom is -0.368 e. The summed E-state index contributed by atoms with van der Waals surface area (Å²) in [6, 6.07) is 0.291. The lowest BCUT2D eigenvalue weighted by atomic mass is 9.96. The van der Waals surface area contributed by atoms with Gasteiger partial charge < -0.3 is 10.6 Å². The fourth-order valence-electron chi connectivity index (χ4n) is 2.10. The van der Waals surface area contributed by atoms with Crippen molar-refractivity contribution in [3.05, 3.63) is 0 Å². The Hall–Kier alpha value is -0.610. The Kier molecular flexibility index (Phi) is 3.50. The van der Waals surface area contributed by atoms with Crippen molar-refractivity contribution < 1.29 is 4.79 Å². The number of amides is 1. The number of likely N-dealkylation sites (N-methyl/N-ethyl adjacent to an activating group) is 1. The molecule has 0 saturated carbocycles. The highest BCUT2D eigenvalue weighted by Crippen LogP contribution is 2.21. The molecule has 4 nitrogen and oxygen atoms in total. The second kappa shape index (κ2) is 4.28. The van der Waals surface area contributed by atoms with Crippen LogP contribution in [0.3, 0.4) is 0 Å². The van der Waals surface area contributed by atoms with Gasteiger partial charge in [-0.15, -0.1) is 0 Å². The van der Waals surface area contributed by atoms with Crippen LogP contribution in [0.2, 0.25) is 0 Å². The van der Waals surface area contributed by atoms with E-state index in [1.54, 1.807) is 0 Å². The van der Waals surface area contributed by atoms with Crippen molar-refractivity contribution in [2.24, 2.45) is 5.73 Å². The second-order valence-corrected chi connectivity index (χ2v) is 4.36. The average Bonchev–Trinajstić information content (AvgIpc) is 2.48. The highest BCUT2D eigenvalue weighted by atomic mass is 16.1. The molecule has 1 unspecified atom stereocenters. The van der Waals surface area contributed by atoms with Crippen LogP contribution >= 0.6 is 0 Å². The lowest BCUT2D eigenvalue weighted by molar-refractivity contribution is -0.124. The fourth-order valence-corrected chi connectivity index (χ4v) is 2.10. The Labute approximate surface area is 85.8 Å². The average molecular weight is 199 g/mol. The molecule has 4 heteroatoms. The van der Waals surface area contributed by atoms with E-state index < -0.39 is 5.54 Å². The first-order valence-electron chi connectivity index (χ1n) is 5.30. The van der Waals surface area contributed by atoms with E-state index in [1.165, 1.54) is 0 Å². The van der Waals surface area contributed by atoms with Crippen LogP contribution in [0.25, 0.3) is 0 Å². The van der Waals surface area contributed by atoms with Crippen molar-refractivity contribution in [2.75, 3.05) is 19.6 Å². The van der Waals surface area contributed by atoms with Gasteiger partial charge in [0.1, 0.15) is 5.54 Å². The summed E-state index contributed by atoms with van der Waals surface area (Å²) in [7, 11) is 0. The number of likely N-dealkylation sites (tertiary alicyclic amines) is 1. The molecule has 0 aromatic rings. The predicted octanol–water partition coefficient (Wildman–Crippen LogP) is -0.0659. The fraction of sp³-hybridized carbons (Fsp3) is 0.900. The zero-order chi connectivity index (χ0) is 10.8. The van der Waals surface area contributed by atoms with Crippen molar-refractivity contribution in [2.45, 2.75) is 38.8 Å². The number of rotatable bonds is 4. The number of hydrogen-bond donors (Lipinski definition) is 2. The molecule has 1 aliphatic heterocycles. The van der Waals surface area contributed by atoms with Crippen LogP contribution in [0.1, 0.15) is 27.2 Å². The zero-order valence-corrected chi connectivity index (χ0v) is 9.34. The molecule has 1 saturated heterocycles. The maximum Gasteiger partial charge on any atom is 0.239 e. The van der Waals surface area contributed by atoms with Crippen molar-refractivity contribution in [1.29, 1.82) is 0 Å². The minimum absolute atomic E-state index is 0.220. The summed E-state index contributed by atoms with van der Waals surface area (Å²) in [4.78, 5) is 13.7. The Balaban J connectivity index is 2.70.